The smallest absolute Gasteiger partial charge is 0.335 e. The third kappa shape index (κ3) is 3.73. The van der Waals surface area contributed by atoms with Crippen molar-refractivity contribution in [1.82, 2.24) is 0 Å². The van der Waals surface area contributed by atoms with Crippen LogP contribution in [0.15, 0.2) is 72.8 Å². The van der Waals surface area contributed by atoms with E-state index in [1.165, 1.54) is 18.2 Å². The zero-order valence-electron chi connectivity index (χ0n) is 12.8. The van der Waals surface area contributed by atoms with Gasteiger partial charge in [0.2, 0.25) is 0 Å². The minimum Gasteiger partial charge on any atom is -0.508 e. The van der Waals surface area contributed by atoms with Crippen LogP contribution in [0.4, 0.5) is 0 Å². The topological polar surface area (TPSA) is 66.8 Å². The fraction of sp³-hybridized carbons (Fsp3) is 0.0500. The van der Waals surface area contributed by atoms with Crippen molar-refractivity contribution < 1.29 is 19.7 Å². The van der Waals surface area contributed by atoms with Gasteiger partial charge in [0.25, 0.3) is 0 Å². The van der Waals surface area contributed by atoms with E-state index in [0.29, 0.717) is 17.9 Å². The summed E-state index contributed by atoms with van der Waals surface area (Å²) in [7, 11) is 0. The van der Waals surface area contributed by atoms with Gasteiger partial charge in [-0.1, -0.05) is 42.5 Å². The second-order valence-corrected chi connectivity index (χ2v) is 5.38. The summed E-state index contributed by atoms with van der Waals surface area (Å²) in [5.74, 6) is -0.485. The lowest BCUT2D eigenvalue weighted by Crippen LogP contribution is -1.97. The minimum absolute atomic E-state index is 0.0422. The highest BCUT2D eigenvalue weighted by Gasteiger charge is 2.09. The molecular formula is C20H16O4. The molecule has 0 amide bonds. The van der Waals surface area contributed by atoms with Gasteiger partial charge in [0, 0.05) is 0 Å². The third-order valence-corrected chi connectivity index (χ3v) is 3.58. The molecule has 0 saturated carbocycles. The van der Waals surface area contributed by atoms with Crippen molar-refractivity contribution in [2.24, 2.45) is 0 Å². The molecule has 24 heavy (non-hydrogen) atoms. The third-order valence-electron chi connectivity index (χ3n) is 3.58. The highest BCUT2D eigenvalue weighted by molar-refractivity contribution is 5.90. The van der Waals surface area contributed by atoms with Gasteiger partial charge in [0.1, 0.15) is 18.1 Å². The second-order valence-electron chi connectivity index (χ2n) is 5.38. The number of carbonyl (C=O) groups is 1. The first-order chi connectivity index (χ1) is 11.6. The van der Waals surface area contributed by atoms with E-state index in [4.69, 9.17) is 9.84 Å². The number of carboxylic acids is 1. The van der Waals surface area contributed by atoms with E-state index in [-0.39, 0.29) is 11.3 Å². The number of hydrogen-bond acceptors (Lipinski definition) is 3. The summed E-state index contributed by atoms with van der Waals surface area (Å²) in [6.07, 6.45) is 0. The van der Waals surface area contributed by atoms with E-state index in [1.54, 1.807) is 0 Å². The Morgan fingerprint density at radius 3 is 2.42 bits per heavy atom. The van der Waals surface area contributed by atoms with Crippen molar-refractivity contribution in [1.29, 1.82) is 0 Å². The lowest BCUT2D eigenvalue weighted by Gasteiger charge is -2.09. The van der Waals surface area contributed by atoms with Crippen LogP contribution in [0.5, 0.6) is 11.5 Å². The van der Waals surface area contributed by atoms with E-state index < -0.39 is 5.97 Å². The zero-order chi connectivity index (χ0) is 16.9. The summed E-state index contributed by atoms with van der Waals surface area (Å²) >= 11 is 0. The monoisotopic (exact) mass is 320 g/mol. The molecule has 0 unspecified atom stereocenters. The average Bonchev–Trinajstić information content (AvgIpc) is 2.60. The summed E-state index contributed by atoms with van der Waals surface area (Å²) in [5.41, 5.74) is 2.51. The van der Waals surface area contributed by atoms with Gasteiger partial charge in [-0.05, 0) is 47.0 Å². The fourth-order valence-corrected chi connectivity index (χ4v) is 2.41. The highest BCUT2D eigenvalue weighted by atomic mass is 16.5. The Morgan fingerprint density at radius 1 is 0.875 bits per heavy atom. The van der Waals surface area contributed by atoms with Crippen molar-refractivity contribution in [2.45, 2.75) is 6.61 Å². The number of carboxylic acid groups (broad SMARTS) is 1. The molecule has 3 rings (SSSR count). The summed E-state index contributed by atoms with van der Waals surface area (Å²) in [6, 6.07) is 21.4. The number of ether oxygens (including phenoxy) is 1. The number of hydrogen-bond donors (Lipinski definition) is 2. The van der Waals surface area contributed by atoms with Crippen LogP contribution in [0, 0.1) is 0 Å². The Hall–Kier alpha value is -3.27. The molecule has 4 heteroatoms. The van der Waals surface area contributed by atoms with Crippen LogP contribution >= 0.6 is 0 Å². The lowest BCUT2D eigenvalue weighted by molar-refractivity contribution is 0.0696. The van der Waals surface area contributed by atoms with Crippen LogP contribution in [-0.2, 0) is 6.61 Å². The van der Waals surface area contributed by atoms with Crippen LogP contribution in [-0.4, -0.2) is 16.2 Å². The van der Waals surface area contributed by atoms with Gasteiger partial charge in [-0.25, -0.2) is 4.79 Å². The first-order valence-electron chi connectivity index (χ1n) is 7.46. The Morgan fingerprint density at radius 2 is 1.67 bits per heavy atom. The first-order valence-corrected chi connectivity index (χ1v) is 7.46. The molecule has 4 nitrogen and oxygen atoms in total. The average molecular weight is 320 g/mol. The van der Waals surface area contributed by atoms with Crippen LogP contribution < -0.4 is 4.74 Å². The Kier molecular flexibility index (Phi) is 4.47. The molecule has 3 aromatic carbocycles. The summed E-state index contributed by atoms with van der Waals surface area (Å²) in [6.45, 7) is 0.449. The van der Waals surface area contributed by atoms with E-state index in [1.807, 2.05) is 54.6 Å². The predicted octanol–water partition coefficient (Wildman–Crippen LogP) is 4.34. The lowest BCUT2D eigenvalue weighted by atomic mass is 10.0. The van der Waals surface area contributed by atoms with Gasteiger partial charge in [-0.3, -0.25) is 0 Å². The molecule has 0 aliphatic heterocycles. The molecule has 0 saturated heterocycles. The van der Waals surface area contributed by atoms with E-state index in [0.717, 1.165) is 11.1 Å². The second kappa shape index (κ2) is 6.87. The van der Waals surface area contributed by atoms with Crippen LogP contribution in [0.25, 0.3) is 11.1 Å². The Labute approximate surface area is 139 Å². The standard InChI is InChI=1S/C20H16O4/c21-18-10-16(9-17(11-18)20(22)23)15-7-4-8-19(12-15)24-13-14-5-2-1-3-6-14/h1-12,21H,13H2,(H,22,23). The summed E-state index contributed by atoms with van der Waals surface area (Å²) in [5, 5.41) is 18.8. The van der Waals surface area contributed by atoms with Gasteiger partial charge < -0.3 is 14.9 Å². The van der Waals surface area contributed by atoms with Gasteiger partial charge in [-0.15, -0.1) is 0 Å². The van der Waals surface area contributed by atoms with Crippen LogP contribution in [0.3, 0.4) is 0 Å². The maximum absolute atomic E-state index is 11.1. The Balaban J connectivity index is 1.84. The predicted molar refractivity (Wildman–Crippen MR) is 91.3 cm³/mol. The van der Waals surface area contributed by atoms with Crippen molar-refractivity contribution in [3.63, 3.8) is 0 Å². The van der Waals surface area contributed by atoms with E-state index >= 15 is 0 Å². The normalized spacial score (nSPS) is 10.3. The van der Waals surface area contributed by atoms with E-state index in [2.05, 4.69) is 0 Å². The molecule has 0 radical (unpaired) electrons. The molecule has 0 aliphatic carbocycles. The van der Waals surface area contributed by atoms with E-state index in [9.17, 15) is 9.90 Å². The summed E-state index contributed by atoms with van der Waals surface area (Å²) in [4.78, 5) is 11.1. The largest absolute Gasteiger partial charge is 0.508 e. The molecule has 0 atom stereocenters. The molecule has 120 valence electrons. The number of aromatic hydroxyl groups is 1. The molecular weight excluding hydrogens is 304 g/mol. The van der Waals surface area contributed by atoms with Crippen LogP contribution in [0.2, 0.25) is 0 Å². The van der Waals surface area contributed by atoms with Crippen molar-refractivity contribution >= 4 is 5.97 Å². The molecule has 3 aromatic rings. The molecule has 0 aromatic heterocycles. The molecule has 0 spiro atoms. The van der Waals surface area contributed by atoms with Crippen molar-refractivity contribution in [2.75, 3.05) is 0 Å². The van der Waals surface area contributed by atoms with Gasteiger partial charge >= 0.3 is 5.97 Å². The van der Waals surface area contributed by atoms with Gasteiger partial charge in [0.15, 0.2) is 0 Å². The maximum Gasteiger partial charge on any atom is 0.335 e. The van der Waals surface area contributed by atoms with Crippen LogP contribution in [0.1, 0.15) is 15.9 Å². The van der Waals surface area contributed by atoms with Gasteiger partial charge in [-0.2, -0.15) is 0 Å². The number of rotatable bonds is 5. The number of phenols is 1. The molecule has 0 fully saturated rings. The quantitative estimate of drug-likeness (QED) is 0.734. The number of benzene rings is 3. The number of phenolic OH excluding ortho intramolecular Hbond substituents is 1. The summed E-state index contributed by atoms with van der Waals surface area (Å²) < 4.78 is 5.78. The SMILES string of the molecule is O=C(O)c1cc(O)cc(-c2cccc(OCc3ccccc3)c2)c1. The molecule has 2 N–H and O–H groups in total. The van der Waals surface area contributed by atoms with Gasteiger partial charge in [0.05, 0.1) is 5.56 Å². The molecule has 0 aliphatic rings. The number of aromatic carboxylic acids is 1. The van der Waals surface area contributed by atoms with Crippen molar-refractivity contribution in [3.05, 3.63) is 83.9 Å². The first kappa shape index (κ1) is 15.6. The Bertz CT molecular complexity index is 857. The fourth-order valence-electron chi connectivity index (χ4n) is 2.41. The molecule has 0 heterocycles. The molecule has 0 bridgehead atoms. The maximum atomic E-state index is 11.1. The highest BCUT2D eigenvalue weighted by Crippen LogP contribution is 2.28. The van der Waals surface area contributed by atoms with Crippen molar-refractivity contribution in [3.8, 4) is 22.6 Å². The zero-order valence-corrected chi connectivity index (χ0v) is 12.8. The minimum atomic E-state index is -1.08.